The number of nitrogens with one attached hydrogen (secondary N) is 2. The van der Waals surface area contributed by atoms with Crippen molar-refractivity contribution in [2.75, 3.05) is 6.61 Å². The first kappa shape index (κ1) is 21.9. The quantitative estimate of drug-likeness (QED) is 0.382. The van der Waals surface area contributed by atoms with Gasteiger partial charge in [0.1, 0.15) is 11.6 Å². The molecule has 32 heavy (non-hydrogen) atoms. The van der Waals surface area contributed by atoms with Gasteiger partial charge < -0.3 is 9.72 Å². The largest absolute Gasteiger partial charge is 0.494 e. The maximum Gasteiger partial charge on any atom is 0.325 e. The van der Waals surface area contributed by atoms with Gasteiger partial charge in [-0.25, -0.2) is 4.79 Å². The zero-order valence-electron chi connectivity index (χ0n) is 17.2. The van der Waals surface area contributed by atoms with E-state index in [2.05, 4.69) is 20.2 Å². The Hall–Kier alpha value is -3.30. The first-order chi connectivity index (χ1) is 15.5. The van der Waals surface area contributed by atoms with Crippen LogP contribution < -0.4 is 16.0 Å². The monoisotopic (exact) mass is 469 g/mol. The molecule has 2 N–H and O–H groups in total. The van der Waals surface area contributed by atoms with E-state index in [4.69, 9.17) is 16.3 Å². The number of aromatic nitrogens is 5. The van der Waals surface area contributed by atoms with Gasteiger partial charge in [-0.1, -0.05) is 41.6 Å². The smallest absolute Gasteiger partial charge is 0.325 e. The number of aromatic amines is 2. The minimum atomic E-state index is -0.562. The summed E-state index contributed by atoms with van der Waals surface area (Å²) in [5, 5.41) is 10.0. The average Bonchev–Trinajstić information content (AvgIpc) is 3.15. The highest BCUT2D eigenvalue weighted by atomic mass is 35.5. The van der Waals surface area contributed by atoms with Crippen LogP contribution >= 0.6 is 23.4 Å². The predicted molar refractivity (Wildman–Crippen MR) is 124 cm³/mol. The average molecular weight is 470 g/mol. The molecule has 10 heteroatoms. The summed E-state index contributed by atoms with van der Waals surface area (Å²) in [6.07, 6.45) is 0.228. The lowest BCUT2D eigenvalue weighted by Gasteiger charge is -2.12. The molecule has 0 fully saturated rings. The molecule has 164 valence electrons. The Balaban J connectivity index is 1.70. The van der Waals surface area contributed by atoms with Gasteiger partial charge in [-0.2, -0.15) is 0 Å². The summed E-state index contributed by atoms with van der Waals surface area (Å²) in [4.78, 5) is 28.2. The Morgan fingerprint density at radius 1 is 1.06 bits per heavy atom. The van der Waals surface area contributed by atoms with E-state index in [0.29, 0.717) is 34.1 Å². The van der Waals surface area contributed by atoms with Gasteiger partial charge in [-0.3, -0.25) is 14.3 Å². The van der Waals surface area contributed by atoms with Crippen molar-refractivity contribution in [1.82, 2.24) is 24.7 Å². The summed E-state index contributed by atoms with van der Waals surface area (Å²) in [6, 6.07) is 16.6. The zero-order chi connectivity index (χ0) is 22.5. The van der Waals surface area contributed by atoms with Crippen molar-refractivity contribution in [3.63, 3.8) is 0 Å². The SMILES string of the molecule is CCOc1ccc(-n2c(Cc3cc(=O)[nH]c(=O)[nH]3)nnc2SCc2ccccc2Cl)cc1. The van der Waals surface area contributed by atoms with Gasteiger partial charge in [-0.05, 0) is 42.8 Å². The number of halogens is 1. The van der Waals surface area contributed by atoms with Gasteiger partial charge in [0.25, 0.3) is 5.56 Å². The van der Waals surface area contributed by atoms with Crippen LogP contribution in [-0.4, -0.2) is 31.3 Å². The van der Waals surface area contributed by atoms with Crippen LogP contribution in [0.15, 0.2) is 69.3 Å². The lowest BCUT2D eigenvalue weighted by atomic mass is 10.2. The normalized spacial score (nSPS) is 10.9. The molecule has 4 aromatic rings. The van der Waals surface area contributed by atoms with Gasteiger partial charge in [-0.15, -0.1) is 10.2 Å². The molecule has 0 saturated heterocycles. The predicted octanol–water partition coefficient (Wildman–Crippen LogP) is 3.58. The number of benzene rings is 2. The van der Waals surface area contributed by atoms with Crippen molar-refractivity contribution in [1.29, 1.82) is 0 Å². The van der Waals surface area contributed by atoms with E-state index in [-0.39, 0.29) is 6.42 Å². The highest BCUT2D eigenvalue weighted by Crippen LogP contribution is 2.29. The lowest BCUT2D eigenvalue weighted by molar-refractivity contribution is 0.340. The molecule has 2 heterocycles. The van der Waals surface area contributed by atoms with Crippen LogP contribution in [0.25, 0.3) is 5.69 Å². The standard InChI is InChI=1S/C22H20ClN5O3S/c1-2-31-17-9-7-16(8-10-17)28-19(11-15-12-20(29)25-21(30)24-15)26-27-22(28)32-13-14-5-3-4-6-18(14)23/h3-10,12H,2,11,13H2,1H3,(H2,24,25,29,30). The number of ether oxygens (including phenoxy) is 1. The maximum absolute atomic E-state index is 11.7. The minimum Gasteiger partial charge on any atom is -0.494 e. The molecular formula is C22H20ClN5O3S. The third kappa shape index (κ3) is 5.12. The lowest BCUT2D eigenvalue weighted by Crippen LogP contribution is -2.23. The van der Waals surface area contributed by atoms with Crippen LogP contribution in [0.3, 0.4) is 0 Å². The molecule has 0 aliphatic heterocycles. The number of thioether (sulfide) groups is 1. The third-order valence-electron chi connectivity index (χ3n) is 4.59. The highest BCUT2D eigenvalue weighted by Gasteiger charge is 2.16. The van der Waals surface area contributed by atoms with E-state index in [1.807, 2.05) is 60.0 Å². The molecule has 0 atom stereocenters. The molecule has 0 radical (unpaired) electrons. The Morgan fingerprint density at radius 3 is 2.56 bits per heavy atom. The van der Waals surface area contributed by atoms with Crippen molar-refractivity contribution in [2.24, 2.45) is 0 Å². The van der Waals surface area contributed by atoms with E-state index in [9.17, 15) is 9.59 Å². The Kier molecular flexibility index (Phi) is 6.77. The van der Waals surface area contributed by atoms with Crippen molar-refractivity contribution in [2.45, 2.75) is 24.3 Å². The first-order valence-electron chi connectivity index (χ1n) is 9.89. The Bertz CT molecular complexity index is 1300. The van der Waals surface area contributed by atoms with E-state index in [1.54, 1.807) is 0 Å². The molecule has 0 spiro atoms. The summed E-state index contributed by atoms with van der Waals surface area (Å²) >= 11 is 7.80. The van der Waals surface area contributed by atoms with Crippen molar-refractivity contribution >= 4 is 23.4 Å². The fourth-order valence-corrected chi connectivity index (χ4v) is 4.42. The number of nitrogens with zero attached hydrogens (tertiary/aromatic N) is 3. The number of H-pyrrole nitrogens is 2. The molecule has 8 nitrogen and oxygen atoms in total. The summed E-state index contributed by atoms with van der Waals surface area (Å²) in [7, 11) is 0. The second-order valence-electron chi connectivity index (χ2n) is 6.83. The van der Waals surface area contributed by atoms with Crippen molar-refractivity contribution < 1.29 is 4.74 Å². The molecule has 0 saturated carbocycles. The van der Waals surface area contributed by atoms with Crippen LogP contribution in [0.5, 0.6) is 5.75 Å². The van der Waals surface area contributed by atoms with Crippen LogP contribution in [0.1, 0.15) is 24.0 Å². The molecule has 0 aliphatic carbocycles. The molecule has 0 aliphatic rings. The van der Waals surface area contributed by atoms with Crippen LogP contribution in [0.2, 0.25) is 5.02 Å². The van der Waals surface area contributed by atoms with Gasteiger partial charge >= 0.3 is 5.69 Å². The molecule has 2 aromatic heterocycles. The summed E-state index contributed by atoms with van der Waals surface area (Å²) < 4.78 is 7.44. The summed E-state index contributed by atoms with van der Waals surface area (Å²) in [5.74, 6) is 1.95. The number of hydrogen-bond acceptors (Lipinski definition) is 6. The van der Waals surface area contributed by atoms with E-state index in [1.165, 1.54) is 17.8 Å². The van der Waals surface area contributed by atoms with Crippen molar-refractivity contribution in [3.8, 4) is 11.4 Å². The van der Waals surface area contributed by atoms with Crippen molar-refractivity contribution in [3.05, 3.63) is 97.5 Å². The fourth-order valence-electron chi connectivity index (χ4n) is 3.17. The third-order valence-corrected chi connectivity index (χ3v) is 5.93. The van der Waals surface area contributed by atoms with Gasteiger partial charge in [0.15, 0.2) is 5.16 Å². The van der Waals surface area contributed by atoms with Crippen LogP contribution in [-0.2, 0) is 12.2 Å². The molecule has 0 unspecified atom stereocenters. The molecule has 2 aromatic carbocycles. The molecule has 4 rings (SSSR count). The number of hydrogen-bond donors (Lipinski definition) is 2. The van der Waals surface area contributed by atoms with Crippen LogP contribution in [0, 0.1) is 0 Å². The summed E-state index contributed by atoms with van der Waals surface area (Å²) in [6.45, 7) is 2.50. The molecule has 0 bridgehead atoms. The first-order valence-corrected chi connectivity index (χ1v) is 11.3. The Labute approximate surface area is 192 Å². The number of rotatable bonds is 8. The topological polar surface area (TPSA) is 106 Å². The molecule has 0 amide bonds. The van der Waals surface area contributed by atoms with E-state index < -0.39 is 11.2 Å². The second kappa shape index (κ2) is 9.88. The van der Waals surface area contributed by atoms with Gasteiger partial charge in [0, 0.05) is 34.6 Å². The summed E-state index contributed by atoms with van der Waals surface area (Å²) in [5.41, 5.74) is 1.24. The molecular weight excluding hydrogens is 450 g/mol. The zero-order valence-corrected chi connectivity index (χ0v) is 18.7. The highest BCUT2D eigenvalue weighted by molar-refractivity contribution is 7.98. The van der Waals surface area contributed by atoms with Gasteiger partial charge in [0.2, 0.25) is 0 Å². The van der Waals surface area contributed by atoms with Gasteiger partial charge in [0.05, 0.1) is 6.61 Å². The Morgan fingerprint density at radius 2 is 1.84 bits per heavy atom. The van der Waals surface area contributed by atoms with E-state index in [0.717, 1.165) is 17.0 Å². The fraction of sp³-hybridized carbons (Fsp3) is 0.182. The maximum atomic E-state index is 11.7. The minimum absolute atomic E-state index is 0.228. The van der Waals surface area contributed by atoms with Crippen LogP contribution in [0.4, 0.5) is 0 Å². The van der Waals surface area contributed by atoms with E-state index >= 15 is 0 Å². The second-order valence-corrected chi connectivity index (χ2v) is 8.18.